The van der Waals surface area contributed by atoms with Crippen LogP contribution in [-0.4, -0.2) is 14.8 Å². The molecule has 0 aliphatic heterocycles. The Morgan fingerprint density at radius 3 is 2.62 bits per heavy atom. The van der Waals surface area contributed by atoms with E-state index < -0.39 is 0 Å². The highest BCUT2D eigenvalue weighted by atomic mass is 35.5. The topological polar surface area (TPSA) is 54.5 Å². The molecule has 4 aromatic rings. The summed E-state index contributed by atoms with van der Waals surface area (Å²) in [4.78, 5) is 4.56. The third-order valence-corrected chi connectivity index (χ3v) is 5.42. The molecule has 26 heavy (non-hydrogen) atoms. The monoisotopic (exact) mass is 376 g/mol. The summed E-state index contributed by atoms with van der Waals surface area (Å²) < 4.78 is 2.72. The molecule has 6 heteroatoms. The lowest BCUT2D eigenvalue weighted by Crippen LogP contribution is -1.95. The number of aromatic nitrogens is 3. The van der Waals surface area contributed by atoms with Crippen molar-refractivity contribution in [3.63, 3.8) is 0 Å². The molecule has 0 saturated carbocycles. The molecule has 0 spiro atoms. The van der Waals surface area contributed by atoms with Crippen LogP contribution in [0.1, 0.15) is 16.3 Å². The predicted molar refractivity (Wildman–Crippen MR) is 106 cm³/mol. The lowest BCUT2D eigenvalue weighted by Gasteiger charge is -2.02. The number of hydrogen-bond acceptors (Lipinski definition) is 4. The van der Waals surface area contributed by atoms with Crippen molar-refractivity contribution in [2.24, 2.45) is 0 Å². The Hall–Kier alpha value is -2.94. The van der Waals surface area contributed by atoms with E-state index in [1.54, 1.807) is 10.8 Å². The van der Waals surface area contributed by atoms with Crippen molar-refractivity contribution < 1.29 is 0 Å². The SMILES string of the molecule is Cc1nn(-c2ccccc2)c(Cl)c1C=C(C#N)c1nc2ccccc2s1. The molecule has 0 aliphatic rings. The molecule has 0 atom stereocenters. The van der Waals surface area contributed by atoms with Crippen molar-refractivity contribution in [1.29, 1.82) is 5.26 Å². The first-order chi connectivity index (χ1) is 12.7. The molecule has 0 saturated heterocycles. The van der Waals surface area contributed by atoms with Gasteiger partial charge in [-0.3, -0.25) is 0 Å². The van der Waals surface area contributed by atoms with Gasteiger partial charge in [0.25, 0.3) is 0 Å². The van der Waals surface area contributed by atoms with Crippen LogP contribution in [-0.2, 0) is 0 Å². The van der Waals surface area contributed by atoms with Gasteiger partial charge >= 0.3 is 0 Å². The first-order valence-corrected chi connectivity index (χ1v) is 9.15. The minimum Gasteiger partial charge on any atom is -0.235 e. The molecule has 0 fully saturated rings. The highest BCUT2D eigenvalue weighted by Gasteiger charge is 2.16. The number of thiazole rings is 1. The van der Waals surface area contributed by atoms with E-state index in [4.69, 9.17) is 11.6 Å². The fourth-order valence-corrected chi connectivity index (χ4v) is 3.95. The fraction of sp³-hybridized carbons (Fsp3) is 0.0500. The second kappa shape index (κ2) is 6.75. The third-order valence-electron chi connectivity index (χ3n) is 3.98. The van der Waals surface area contributed by atoms with E-state index in [9.17, 15) is 5.26 Å². The van der Waals surface area contributed by atoms with Crippen LogP contribution in [0, 0.1) is 18.3 Å². The molecule has 0 amide bonds. The molecule has 0 N–H and O–H groups in total. The van der Waals surface area contributed by atoms with Gasteiger partial charge in [-0.25, -0.2) is 9.67 Å². The number of nitrogens with zero attached hydrogens (tertiary/aromatic N) is 4. The van der Waals surface area contributed by atoms with Crippen LogP contribution in [0.4, 0.5) is 0 Å². The van der Waals surface area contributed by atoms with Gasteiger partial charge in [0.05, 0.1) is 27.2 Å². The summed E-state index contributed by atoms with van der Waals surface area (Å²) in [5.74, 6) is 0. The molecule has 0 radical (unpaired) electrons. The maximum atomic E-state index is 9.65. The zero-order valence-electron chi connectivity index (χ0n) is 13.8. The quantitative estimate of drug-likeness (QED) is 0.443. The van der Waals surface area contributed by atoms with Crippen LogP contribution >= 0.6 is 22.9 Å². The Bertz CT molecular complexity index is 1130. The number of rotatable bonds is 3. The van der Waals surface area contributed by atoms with Crippen LogP contribution in [0.15, 0.2) is 54.6 Å². The van der Waals surface area contributed by atoms with E-state index in [1.165, 1.54) is 11.3 Å². The first kappa shape index (κ1) is 16.5. The molecular formula is C20H13ClN4S. The number of hydrogen-bond donors (Lipinski definition) is 0. The van der Waals surface area contributed by atoms with Crippen LogP contribution < -0.4 is 0 Å². The maximum absolute atomic E-state index is 9.65. The zero-order chi connectivity index (χ0) is 18.1. The van der Waals surface area contributed by atoms with Gasteiger partial charge in [0.2, 0.25) is 0 Å². The van der Waals surface area contributed by atoms with Crippen molar-refractivity contribution in [1.82, 2.24) is 14.8 Å². The van der Waals surface area contributed by atoms with Crippen molar-refractivity contribution in [3.05, 3.63) is 76.0 Å². The lowest BCUT2D eigenvalue weighted by molar-refractivity contribution is 0.863. The fourth-order valence-electron chi connectivity index (χ4n) is 2.69. The smallest absolute Gasteiger partial charge is 0.140 e. The number of halogens is 1. The van der Waals surface area contributed by atoms with Gasteiger partial charge < -0.3 is 0 Å². The van der Waals surface area contributed by atoms with Gasteiger partial charge in [-0.2, -0.15) is 10.4 Å². The molecule has 4 rings (SSSR count). The molecular weight excluding hydrogens is 364 g/mol. The van der Waals surface area contributed by atoms with Crippen LogP contribution in [0.5, 0.6) is 0 Å². The summed E-state index contributed by atoms with van der Waals surface area (Å²) in [5.41, 5.74) is 3.72. The van der Waals surface area contributed by atoms with Gasteiger partial charge in [0, 0.05) is 5.56 Å². The van der Waals surface area contributed by atoms with Gasteiger partial charge in [-0.1, -0.05) is 41.9 Å². The summed E-state index contributed by atoms with van der Waals surface area (Å²) in [5, 5.41) is 15.3. The Labute approximate surface area is 159 Å². The zero-order valence-corrected chi connectivity index (χ0v) is 15.4. The van der Waals surface area contributed by atoms with Crippen molar-refractivity contribution >= 4 is 44.8 Å². The van der Waals surface area contributed by atoms with E-state index in [-0.39, 0.29) is 0 Å². The molecule has 0 bridgehead atoms. The average Bonchev–Trinajstić information content (AvgIpc) is 3.22. The first-order valence-electron chi connectivity index (χ1n) is 7.95. The highest BCUT2D eigenvalue weighted by Crippen LogP contribution is 2.31. The van der Waals surface area contributed by atoms with Gasteiger partial charge in [-0.05, 0) is 37.3 Å². The van der Waals surface area contributed by atoms with Gasteiger partial charge in [0.1, 0.15) is 16.2 Å². The molecule has 2 aromatic heterocycles. The Balaban J connectivity index is 1.82. The number of nitriles is 1. The Morgan fingerprint density at radius 2 is 1.88 bits per heavy atom. The van der Waals surface area contributed by atoms with Crippen molar-refractivity contribution in [2.75, 3.05) is 0 Å². The van der Waals surface area contributed by atoms with Gasteiger partial charge in [-0.15, -0.1) is 11.3 Å². The Kier molecular flexibility index (Phi) is 4.29. The molecule has 0 aliphatic carbocycles. The highest BCUT2D eigenvalue weighted by molar-refractivity contribution is 7.19. The van der Waals surface area contributed by atoms with Gasteiger partial charge in [0.15, 0.2) is 0 Å². The summed E-state index contributed by atoms with van der Waals surface area (Å²) in [6, 6.07) is 19.8. The summed E-state index contributed by atoms with van der Waals surface area (Å²) in [6.45, 7) is 1.88. The van der Waals surface area contributed by atoms with Crippen LogP contribution in [0.3, 0.4) is 0 Å². The average molecular weight is 377 g/mol. The number of allylic oxidation sites excluding steroid dienone is 1. The molecule has 0 unspecified atom stereocenters. The third kappa shape index (κ3) is 2.90. The largest absolute Gasteiger partial charge is 0.235 e. The molecule has 4 nitrogen and oxygen atoms in total. The molecule has 2 aromatic carbocycles. The minimum absolute atomic E-state index is 0.475. The number of fused-ring (bicyclic) bond motifs is 1. The van der Waals surface area contributed by atoms with E-state index in [1.807, 2.05) is 61.5 Å². The van der Waals surface area contributed by atoms with Crippen molar-refractivity contribution in [3.8, 4) is 11.8 Å². The van der Waals surface area contributed by atoms with Crippen LogP contribution in [0.2, 0.25) is 5.15 Å². The lowest BCUT2D eigenvalue weighted by atomic mass is 10.2. The van der Waals surface area contributed by atoms with E-state index in [0.29, 0.717) is 15.7 Å². The second-order valence-electron chi connectivity index (χ2n) is 5.69. The number of para-hydroxylation sites is 2. The summed E-state index contributed by atoms with van der Waals surface area (Å²) in [7, 11) is 0. The molecule has 126 valence electrons. The van der Waals surface area contributed by atoms with Crippen LogP contribution in [0.25, 0.3) is 27.6 Å². The molecule has 2 heterocycles. The van der Waals surface area contributed by atoms with E-state index in [2.05, 4.69) is 16.2 Å². The minimum atomic E-state index is 0.475. The van der Waals surface area contributed by atoms with E-state index >= 15 is 0 Å². The standard InChI is InChI=1S/C20H13ClN4S/c1-13-16(19(21)25(24-13)15-7-3-2-4-8-15)11-14(12-22)20-23-17-9-5-6-10-18(17)26-20/h2-11H,1H3. The van der Waals surface area contributed by atoms with Crippen molar-refractivity contribution in [2.45, 2.75) is 6.92 Å². The predicted octanol–water partition coefficient (Wildman–Crippen LogP) is 5.51. The second-order valence-corrected chi connectivity index (χ2v) is 7.08. The summed E-state index contributed by atoms with van der Waals surface area (Å²) >= 11 is 8.05. The van der Waals surface area contributed by atoms with E-state index in [0.717, 1.165) is 27.2 Å². The number of aryl methyl sites for hydroxylation is 1. The Morgan fingerprint density at radius 1 is 1.15 bits per heavy atom. The normalized spacial score (nSPS) is 11.7. The maximum Gasteiger partial charge on any atom is 0.140 e. The number of benzene rings is 2. The summed E-state index contributed by atoms with van der Waals surface area (Å²) in [6.07, 6.45) is 1.77.